The zero-order valence-electron chi connectivity index (χ0n) is 10.5. The third kappa shape index (κ3) is 2.70. The molecule has 2 rings (SSSR count). The van der Waals surface area contributed by atoms with Crippen LogP contribution in [0, 0.1) is 0 Å². The lowest BCUT2D eigenvalue weighted by molar-refractivity contribution is 0.331. The normalized spacial score (nSPS) is 34.1. The van der Waals surface area contributed by atoms with E-state index in [4.69, 9.17) is 128 Å². The minimum absolute atomic E-state index is 0.198. The van der Waals surface area contributed by atoms with Crippen molar-refractivity contribution in [3.63, 3.8) is 0 Å². The van der Waals surface area contributed by atoms with E-state index in [2.05, 4.69) is 0 Å². The molecule has 0 nitrogen and oxygen atoms in total. The van der Waals surface area contributed by atoms with Crippen molar-refractivity contribution in [1.82, 2.24) is 0 Å². The average molecular weight is 539 g/mol. The summed E-state index contributed by atoms with van der Waals surface area (Å²) in [5.74, 6) is 0. The summed E-state index contributed by atoms with van der Waals surface area (Å²) in [6, 6.07) is 6.38. The number of halogens is 11. The van der Waals surface area contributed by atoms with Gasteiger partial charge in [0.15, 0.2) is 17.3 Å². The van der Waals surface area contributed by atoms with Gasteiger partial charge in [0, 0.05) is 5.02 Å². The summed E-state index contributed by atoms with van der Waals surface area (Å²) in [5.41, 5.74) is 0.216. The summed E-state index contributed by atoms with van der Waals surface area (Å²) >= 11 is 69.6. The van der Waals surface area contributed by atoms with E-state index in [0.717, 1.165) is 0 Å². The molecule has 0 heterocycles. The first-order chi connectivity index (χ1) is 10.2. The third-order valence-electron chi connectivity index (χ3n) is 3.60. The van der Waals surface area contributed by atoms with Crippen molar-refractivity contribution in [3.8, 4) is 0 Å². The van der Waals surface area contributed by atoms with Crippen LogP contribution in [0.3, 0.4) is 0 Å². The highest BCUT2D eigenvalue weighted by Crippen LogP contribution is 2.75. The minimum Gasteiger partial charge on any atom is -0.117 e. The molecule has 0 bridgehead atoms. The fourth-order valence-corrected chi connectivity index (χ4v) is 6.75. The first-order valence-electron chi connectivity index (χ1n) is 5.76. The molecular weight excluding hydrogens is 534 g/mol. The predicted molar refractivity (Wildman–Crippen MR) is 106 cm³/mol. The first-order valence-corrected chi connectivity index (χ1v) is 9.98. The second kappa shape index (κ2) is 6.49. The zero-order valence-corrected chi connectivity index (χ0v) is 18.9. The van der Waals surface area contributed by atoms with Crippen molar-refractivity contribution in [1.29, 1.82) is 0 Å². The van der Waals surface area contributed by atoms with Crippen molar-refractivity contribution in [2.24, 2.45) is 0 Å². The lowest BCUT2D eigenvalue weighted by Crippen LogP contribution is -2.75. The molecule has 2 atom stereocenters. The molecule has 11 heteroatoms. The maximum atomic E-state index is 6.71. The maximum absolute atomic E-state index is 6.71. The van der Waals surface area contributed by atoms with Crippen LogP contribution < -0.4 is 0 Å². The molecule has 23 heavy (non-hydrogen) atoms. The van der Waals surface area contributed by atoms with Gasteiger partial charge in [0.1, 0.15) is 4.87 Å². The smallest absolute Gasteiger partial charge is 0.117 e. The summed E-state index contributed by atoms with van der Waals surface area (Å²) in [4.78, 5) is -1.92. The van der Waals surface area contributed by atoms with Crippen molar-refractivity contribution >= 4 is 128 Å². The van der Waals surface area contributed by atoms with Crippen LogP contribution >= 0.6 is 128 Å². The number of hydrogen-bond acceptors (Lipinski definition) is 0. The van der Waals surface area contributed by atoms with Crippen LogP contribution in [0.5, 0.6) is 0 Å². The SMILES string of the molecule is Clc1ccccc1C1(Cl)C(Cl)C(Cl)(Cl)C(Cl)(Cl)C(Cl)(Cl)C1(Cl)Cl. The summed E-state index contributed by atoms with van der Waals surface area (Å²) < 4.78 is -8.93. The topological polar surface area (TPSA) is 0 Å². The van der Waals surface area contributed by atoms with Gasteiger partial charge >= 0.3 is 0 Å². The first kappa shape index (κ1) is 21.7. The van der Waals surface area contributed by atoms with E-state index in [1.54, 1.807) is 18.2 Å². The van der Waals surface area contributed by atoms with Crippen molar-refractivity contribution < 1.29 is 0 Å². The largest absolute Gasteiger partial charge is 0.188 e. The Morgan fingerprint density at radius 2 is 1.17 bits per heavy atom. The molecule has 1 aromatic carbocycles. The second-order valence-electron chi connectivity index (χ2n) is 4.90. The van der Waals surface area contributed by atoms with Crippen LogP contribution in [0.25, 0.3) is 0 Å². The van der Waals surface area contributed by atoms with Crippen LogP contribution in [0.2, 0.25) is 5.02 Å². The van der Waals surface area contributed by atoms with Crippen molar-refractivity contribution in [3.05, 3.63) is 34.9 Å². The zero-order chi connectivity index (χ0) is 18.1. The Morgan fingerprint density at radius 1 is 0.696 bits per heavy atom. The Bertz CT molecular complexity index is 623. The fraction of sp³-hybridized carbons (Fsp3) is 0.500. The van der Waals surface area contributed by atoms with Gasteiger partial charge in [-0.15, -0.1) is 23.2 Å². The highest BCUT2D eigenvalue weighted by Gasteiger charge is 2.83. The molecule has 0 aromatic heterocycles. The second-order valence-corrected chi connectivity index (χ2v) is 11.7. The lowest BCUT2D eigenvalue weighted by atomic mass is 9.79. The Morgan fingerprint density at radius 3 is 1.65 bits per heavy atom. The van der Waals surface area contributed by atoms with Crippen LogP contribution in [0.1, 0.15) is 5.56 Å². The van der Waals surface area contributed by atoms with Crippen LogP contribution in [-0.2, 0) is 4.87 Å². The van der Waals surface area contributed by atoms with Gasteiger partial charge in [-0.05, 0) is 11.6 Å². The molecule has 0 spiro atoms. The molecule has 0 saturated heterocycles. The van der Waals surface area contributed by atoms with Gasteiger partial charge in [-0.3, -0.25) is 0 Å². The molecule has 1 aliphatic carbocycles. The molecule has 0 N–H and O–H groups in total. The van der Waals surface area contributed by atoms with E-state index < -0.39 is 27.6 Å². The van der Waals surface area contributed by atoms with Crippen LogP contribution in [-0.4, -0.2) is 22.7 Å². The Kier molecular flexibility index (Phi) is 6.12. The van der Waals surface area contributed by atoms with Crippen LogP contribution in [0.4, 0.5) is 0 Å². The molecule has 1 aliphatic rings. The van der Waals surface area contributed by atoms with E-state index >= 15 is 0 Å². The monoisotopic (exact) mass is 534 g/mol. The third-order valence-corrected chi connectivity index (χ3v) is 11.4. The number of hydrogen-bond donors (Lipinski definition) is 0. The number of alkyl halides is 10. The fourth-order valence-electron chi connectivity index (χ4n) is 2.26. The number of rotatable bonds is 1. The molecule has 130 valence electrons. The van der Waals surface area contributed by atoms with Gasteiger partial charge in [0.25, 0.3) is 0 Å². The van der Waals surface area contributed by atoms with Crippen molar-refractivity contribution in [2.45, 2.75) is 27.6 Å². The Balaban J connectivity index is 2.86. The maximum Gasteiger partial charge on any atom is 0.188 e. The van der Waals surface area contributed by atoms with Gasteiger partial charge in [0.05, 0.1) is 5.38 Å². The van der Waals surface area contributed by atoms with E-state index in [1.165, 1.54) is 6.07 Å². The Labute approximate surface area is 188 Å². The van der Waals surface area contributed by atoms with Gasteiger partial charge in [-0.1, -0.05) is 123 Å². The van der Waals surface area contributed by atoms with Gasteiger partial charge < -0.3 is 0 Å². The standard InChI is InChI=1S/C12H5Cl11/c13-6-4-2-1-3-5(6)8(15)7(14)9(16,17)11(20,21)12(22,23)10(8,18)19/h1-4,7H. The Hall–Kier alpha value is 2.41. The summed E-state index contributed by atoms with van der Waals surface area (Å²) in [7, 11) is 0. The molecule has 0 aliphatic heterocycles. The van der Waals surface area contributed by atoms with Gasteiger partial charge in [0.2, 0.25) is 0 Å². The summed E-state index contributed by atoms with van der Waals surface area (Å²) in [5, 5.41) is -1.22. The van der Waals surface area contributed by atoms with E-state index in [9.17, 15) is 0 Å². The minimum atomic E-state index is -2.32. The predicted octanol–water partition coefficient (Wildman–Crippen LogP) is 8.09. The lowest BCUT2D eigenvalue weighted by Gasteiger charge is -2.60. The molecule has 0 radical (unpaired) electrons. The van der Waals surface area contributed by atoms with Crippen molar-refractivity contribution in [2.75, 3.05) is 0 Å². The molecule has 2 unspecified atom stereocenters. The average Bonchev–Trinajstić information content (AvgIpc) is 2.44. The van der Waals surface area contributed by atoms with E-state index in [1.807, 2.05) is 0 Å². The summed E-state index contributed by atoms with van der Waals surface area (Å²) in [6.07, 6.45) is 0. The number of benzene rings is 1. The van der Waals surface area contributed by atoms with E-state index in [0.29, 0.717) is 0 Å². The van der Waals surface area contributed by atoms with Gasteiger partial charge in [-0.25, -0.2) is 0 Å². The van der Waals surface area contributed by atoms with E-state index in [-0.39, 0.29) is 10.6 Å². The molecule has 1 fully saturated rings. The highest BCUT2D eigenvalue weighted by molar-refractivity contribution is 6.77. The highest BCUT2D eigenvalue weighted by atomic mass is 35.6. The summed E-state index contributed by atoms with van der Waals surface area (Å²) in [6.45, 7) is 0. The quantitative estimate of drug-likeness (QED) is 0.317. The molecule has 0 amide bonds. The molecule has 1 aromatic rings. The van der Waals surface area contributed by atoms with Gasteiger partial charge in [-0.2, -0.15) is 0 Å². The molecule has 1 saturated carbocycles. The van der Waals surface area contributed by atoms with Crippen LogP contribution in [0.15, 0.2) is 24.3 Å². The molecular formula is C12H5Cl11.